The number of amides is 1. The number of hydrogen-bond acceptors (Lipinski definition) is 5. The van der Waals surface area contributed by atoms with Crippen molar-refractivity contribution in [1.29, 1.82) is 0 Å². The summed E-state index contributed by atoms with van der Waals surface area (Å²) in [5.74, 6) is -1.72. The first-order valence-electron chi connectivity index (χ1n) is 9.62. The predicted molar refractivity (Wildman–Crippen MR) is 130 cm³/mol. The van der Waals surface area contributed by atoms with Crippen molar-refractivity contribution in [2.75, 3.05) is 4.90 Å². The van der Waals surface area contributed by atoms with Crippen LogP contribution < -0.4 is 4.90 Å². The number of halogens is 2. The third kappa shape index (κ3) is 3.52. The minimum Gasteiger partial charge on any atom is -0.507 e. The van der Waals surface area contributed by atoms with E-state index >= 15 is 0 Å². The van der Waals surface area contributed by atoms with Gasteiger partial charge in [-0.2, -0.15) is 0 Å². The Hall–Kier alpha value is -3.00. The standard InChI is InChI=1S/C24H14BrClN2O3S/c25-15-8-11-17-18(12-15)32-24(27-17)28-20(13-6-9-16(26)10-7-13)19(22(30)23(28)31)21(29)14-4-2-1-3-5-14/h1-12,20,29H/t20-/m1/s1. The van der Waals surface area contributed by atoms with Gasteiger partial charge in [0.25, 0.3) is 5.78 Å². The van der Waals surface area contributed by atoms with Gasteiger partial charge < -0.3 is 5.11 Å². The number of carbonyl (C=O) groups excluding carboxylic acids is 2. The van der Waals surface area contributed by atoms with E-state index in [-0.39, 0.29) is 11.3 Å². The van der Waals surface area contributed by atoms with Gasteiger partial charge in [-0.1, -0.05) is 81.3 Å². The summed E-state index contributed by atoms with van der Waals surface area (Å²) in [6.45, 7) is 0. The van der Waals surface area contributed by atoms with E-state index in [9.17, 15) is 14.7 Å². The summed E-state index contributed by atoms with van der Waals surface area (Å²) in [6, 6.07) is 20.4. The molecule has 0 saturated carbocycles. The van der Waals surface area contributed by atoms with Gasteiger partial charge in [0.2, 0.25) is 0 Å². The maximum Gasteiger partial charge on any atom is 0.301 e. The summed E-state index contributed by atoms with van der Waals surface area (Å²) in [6.07, 6.45) is 0. The number of aliphatic hydroxyl groups is 1. The monoisotopic (exact) mass is 524 g/mol. The SMILES string of the molecule is O=C1C(=O)N(c2nc3ccc(Br)cc3s2)[C@H](c2ccc(Cl)cc2)C1=C(O)c1ccccc1. The first-order valence-corrected chi connectivity index (χ1v) is 11.6. The molecule has 1 N–H and O–H groups in total. The number of fused-ring (bicyclic) bond motifs is 1. The molecule has 1 atom stereocenters. The van der Waals surface area contributed by atoms with E-state index in [2.05, 4.69) is 20.9 Å². The van der Waals surface area contributed by atoms with Crippen LogP contribution in [0.5, 0.6) is 0 Å². The average Bonchev–Trinajstić information content (AvgIpc) is 3.32. The third-order valence-corrected chi connectivity index (χ3v) is 6.99. The normalized spacial score (nSPS) is 17.9. The lowest BCUT2D eigenvalue weighted by Gasteiger charge is -2.23. The van der Waals surface area contributed by atoms with Crippen molar-refractivity contribution in [2.45, 2.75) is 6.04 Å². The van der Waals surface area contributed by atoms with E-state index in [1.807, 2.05) is 24.3 Å². The largest absolute Gasteiger partial charge is 0.507 e. The molecule has 1 aromatic heterocycles. The highest BCUT2D eigenvalue weighted by Crippen LogP contribution is 2.44. The van der Waals surface area contributed by atoms with Crippen LogP contribution in [0.2, 0.25) is 5.02 Å². The summed E-state index contributed by atoms with van der Waals surface area (Å²) < 4.78 is 1.76. The number of carbonyl (C=O) groups is 2. The van der Waals surface area contributed by atoms with E-state index in [1.54, 1.807) is 48.5 Å². The number of hydrogen-bond donors (Lipinski definition) is 1. The number of aromatic nitrogens is 1. The predicted octanol–water partition coefficient (Wildman–Crippen LogP) is 6.34. The summed E-state index contributed by atoms with van der Waals surface area (Å²) in [5.41, 5.74) is 1.83. The number of rotatable bonds is 3. The van der Waals surface area contributed by atoms with Crippen molar-refractivity contribution in [3.63, 3.8) is 0 Å². The van der Waals surface area contributed by atoms with Gasteiger partial charge in [0, 0.05) is 15.1 Å². The van der Waals surface area contributed by atoms with Crippen LogP contribution in [0, 0.1) is 0 Å². The van der Waals surface area contributed by atoms with Crippen molar-refractivity contribution in [3.05, 3.63) is 99.0 Å². The number of Topliss-reactive ketones (excluding diaryl/α,β-unsaturated/α-hetero) is 1. The molecule has 0 spiro atoms. The van der Waals surface area contributed by atoms with E-state index in [1.165, 1.54) is 16.2 Å². The Morgan fingerprint density at radius 1 is 1.03 bits per heavy atom. The van der Waals surface area contributed by atoms with Crippen LogP contribution in [-0.4, -0.2) is 21.8 Å². The zero-order chi connectivity index (χ0) is 22.4. The quantitative estimate of drug-likeness (QED) is 0.192. The Morgan fingerprint density at radius 3 is 2.47 bits per heavy atom. The zero-order valence-electron chi connectivity index (χ0n) is 16.3. The highest BCUT2D eigenvalue weighted by Gasteiger charge is 2.48. The Morgan fingerprint density at radius 2 is 1.75 bits per heavy atom. The lowest BCUT2D eigenvalue weighted by atomic mass is 9.95. The fourth-order valence-corrected chi connectivity index (χ4v) is 5.40. The first kappa shape index (κ1) is 20.9. The summed E-state index contributed by atoms with van der Waals surface area (Å²) in [4.78, 5) is 32.3. The molecule has 2 heterocycles. The van der Waals surface area contributed by atoms with Crippen molar-refractivity contribution in [1.82, 2.24) is 4.98 Å². The molecular weight excluding hydrogens is 512 g/mol. The molecular formula is C24H14BrClN2O3S. The molecule has 0 unspecified atom stereocenters. The molecule has 5 rings (SSSR count). The Bertz CT molecular complexity index is 1400. The van der Waals surface area contributed by atoms with E-state index < -0.39 is 17.7 Å². The van der Waals surface area contributed by atoms with Crippen LogP contribution in [0.25, 0.3) is 16.0 Å². The Kier molecular flexibility index (Phi) is 5.33. The topological polar surface area (TPSA) is 70.5 Å². The van der Waals surface area contributed by atoms with Gasteiger partial charge in [0.05, 0.1) is 21.8 Å². The summed E-state index contributed by atoms with van der Waals surface area (Å²) in [5, 5.41) is 12.0. The fraction of sp³-hybridized carbons (Fsp3) is 0.0417. The number of nitrogens with zero attached hydrogens (tertiary/aromatic N) is 2. The van der Waals surface area contributed by atoms with Gasteiger partial charge in [-0.3, -0.25) is 14.5 Å². The second-order valence-electron chi connectivity index (χ2n) is 7.20. The van der Waals surface area contributed by atoms with Gasteiger partial charge in [0.15, 0.2) is 5.13 Å². The second-order valence-corrected chi connectivity index (χ2v) is 9.56. The number of benzene rings is 3. The average molecular weight is 526 g/mol. The van der Waals surface area contributed by atoms with E-state index in [0.29, 0.717) is 26.8 Å². The minimum absolute atomic E-state index is 0.0176. The number of aliphatic hydroxyl groups excluding tert-OH is 1. The van der Waals surface area contributed by atoms with Gasteiger partial charge in [0.1, 0.15) is 5.76 Å². The third-order valence-electron chi connectivity index (χ3n) is 5.22. The molecule has 4 aromatic rings. The van der Waals surface area contributed by atoms with Crippen molar-refractivity contribution < 1.29 is 14.7 Å². The molecule has 0 aliphatic carbocycles. The lowest BCUT2D eigenvalue weighted by molar-refractivity contribution is -0.132. The van der Waals surface area contributed by atoms with Gasteiger partial charge in [-0.15, -0.1) is 0 Å². The molecule has 1 amide bonds. The molecule has 32 heavy (non-hydrogen) atoms. The van der Waals surface area contributed by atoms with Gasteiger partial charge in [-0.25, -0.2) is 4.98 Å². The van der Waals surface area contributed by atoms with Crippen LogP contribution in [-0.2, 0) is 9.59 Å². The summed E-state index contributed by atoms with van der Waals surface area (Å²) >= 11 is 10.8. The van der Waals surface area contributed by atoms with Crippen LogP contribution >= 0.6 is 38.9 Å². The summed E-state index contributed by atoms with van der Waals surface area (Å²) in [7, 11) is 0. The molecule has 1 fully saturated rings. The molecule has 1 aliphatic rings. The van der Waals surface area contributed by atoms with Crippen LogP contribution in [0.15, 0.2) is 82.8 Å². The molecule has 158 valence electrons. The highest BCUT2D eigenvalue weighted by atomic mass is 79.9. The second kappa shape index (κ2) is 8.16. The fourth-order valence-electron chi connectivity index (χ4n) is 3.73. The number of thiazole rings is 1. The van der Waals surface area contributed by atoms with Gasteiger partial charge >= 0.3 is 5.91 Å². The molecule has 0 radical (unpaired) electrons. The Balaban J connectivity index is 1.73. The van der Waals surface area contributed by atoms with E-state index in [4.69, 9.17) is 11.6 Å². The Labute approximate surface area is 200 Å². The van der Waals surface area contributed by atoms with Crippen molar-refractivity contribution in [3.8, 4) is 0 Å². The molecule has 8 heteroatoms. The number of anilines is 1. The molecule has 0 bridgehead atoms. The maximum atomic E-state index is 13.2. The molecule has 1 aliphatic heterocycles. The molecule has 1 saturated heterocycles. The van der Waals surface area contributed by atoms with Crippen LogP contribution in [0.3, 0.4) is 0 Å². The van der Waals surface area contributed by atoms with Crippen LogP contribution in [0.1, 0.15) is 17.2 Å². The maximum absolute atomic E-state index is 13.2. The minimum atomic E-state index is -0.837. The zero-order valence-corrected chi connectivity index (χ0v) is 19.5. The first-order chi connectivity index (χ1) is 15.4. The van der Waals surface area contributed by atoms with E-state index in [0.717, 1.165) is 9.17 Å². The van der Waals surface area contributed by atoms with Crippen molar-refractivity contribution >= 4 is 71.7 Å². The van der Waals surface area contributed by atoms with Crippen molar-refractivity contribution in [2.24, 2.45) is 0 Å². The highest BCUT2D eigenvalue weighted by molar-refractivity contribution is 9.10. The van der Waals surface area contributed by atoms with Crippen LogP contribution in [0.4, 0.5) is 5.13 Å². The molecule has 5 nitrogen and oxygen atoms in total. The molecule has 3 aromatic carbocycles. The lowest BCUT2D eigenvalue weighted by Crippen LogP contribution is -2.29. The smallest absolute Gasteiger partial charge is 0.301 e. The van der Waals surface area contributed by atoms with Gasteiger partial charge in [-0.05, 0) is 35.9 Å². The number of ketones is 1.